The topological polar surface area (TPSA) is 70.6 Å². The summed E-state index contributed by atoms with van der Waals surface area (Å²) in [6.45, 7) is 3.97. The maximum atomic E-state index is 12.0. The molecule has 1 unspecified atom stereocenters. The molecule has 110 valence electrons. The molecule has 21 heavy (non-hydrogen) atoms. The first kappa shape index (κ1) is 13.8. The highest BCUT2D eigenvalue weighted by Crippen LogP contribution is 2.45. The number of hydrogen-bond acceptors (Lipinski definition) is 3. The Hall–Kier alpha value is -2.17. The number of carbonyl (C=O) groups is 2. The van der Waals surface area contributed by atoms with Gasteiger partial charge in [0.2, 0.25) is 11.8 Å². The van der Waals surface area contributed by atoms with Gasteiger partial charge in [-0.1, -0.05) is 26.0 Å². The van der Waals surface area contributed by atoms with Crippen LogP contribution in [-0.4, -0.2) is 17.5 Å². The van der Waals surface area contributed by atoms with Crippen molar-refractivity contribution in [1.82, 2.24) is 5.43 Å². The van der Waals surface area contributed by atoms with Crippen LogP contribution in [0, 0.1) is 11.3 Å². The number of nitrogens with one attached hydrogen (secondary N) is 2. The lowest BCUT2D eigenvalue weighted by Gasteiger charge is -2.19. The molecule has 1 aromatic rings. The average Bonchev–Trinajstić information content (AvgIpc) is 3.19. The molecular weight excluding hydrogens is 266 g/mol. The van der Waals surface area contributed by atoms with Crippen LogP contribution in [0.2, 0.25) is 0 Å². The smallest absolute Gasteiger partial charge is 0.240 e. The minimum atomic E-state index is -0.176. The lowest BCUT2D eigenvalue weighted by molar-refractivity contribution is -0.122. The minimum Gasteiger partial charge on any atom is -0.326 e. The highest BCUT2D eigenvalue weighted by atomic mass is 16.2. The fourth-order valence-corrected chi connectivity index (χ4v) is 2.42. The van der Waals surface area contributed by atoms with E-state index < -0.39 is 0 Å². The first-order valence-corrected chi connectivity index (χ1v) is 7.26. The molecule has 1 fully saturated rings. The van der Waals surface area contributed by atoms with Gasteiger partial charge in [-0.3, -0.25) is 9.59 Å². The summed E-state index contributed by atoms with van der Waals surface area (Å²) in [5.41, 5.74) is 4.98. The van der Waals surface area contributed by atoms with Gasteiger partial charge < -0.3 is 5.32 Å². The van der Waals surface area contributed by atoms with Gasteiger partial charge in [0.15, 0.2) is 0 Å². The van der Waals surface area contributed by atoms with E-state index in [0.717, 1.165) is 29.8 Å². The van der Waals surface area contributed by atoms with E-state index in [1.165, 1.54) is 0 Å². The highest BCUT2D eigenvalue weighted by Gasteiger charge is 2.44. The molecule has 1 saturated carbocycles. The standard InChI is InChI=1S/C16H19N3O2/c1-10-9-13(20)18-19-14(10)11-3-5-12(6-4-11)17-15(21)16(2)7-8-16/h3-6,10H,7-9H2,1-2H3,(H,17,21)(H,18,20). The third-order valence-corrected chi connectivity index (χ3v) is 4.25. The van der Waals surface area contributed by atoms with Gasteiger partial charge in [0.1, 0.15) is 0 Å². The molecule has 2 amide bonds. The summed E-state index contributed by atoms with van der Waals surface area (Å²) in [6.07, 6.45) is 2.38. The van der Waals surface area contributed by atoms with Gasteiger partial charge in [-0.2, -0.15) is 5.10 Å². The Bertz CT molecular complexity index is 615. The van der Waals surface area contributed by atoms with E-state index >= 15 is 0 Å². The van der Waals surface area contributed by atoms with E-state index in [1.54, 1.807) is 0 Å². The number of amides is 2. The van der Waals surface area contributed by atoms with Crippen LogP contribution in [0.3, 0.4) is 0 Å². The number of hydrazone groups is 1. The van der Waals surface area contributed by atoms with Crippen molar-refractivity contribution in [1.29, 1.82) is 0 Å². The molecule has 2 aliphatic rings. The van der Waals surface area contributed by atoms with Crippen molar-refractivity contribution in [2.75, 3.05) is 5.32 Å². The van der Waals surface area contributed by atoms with E-state index in [9.17, 15) is 9.59 Å². The summed E-state index contributed by atoms with van der Waals surface area (Å²) in [6, 6.07) is 7.62. The molecule has 5 nitrogen and oxygen atoms in total. The summed E-state index contributed by atoms with van der Waals surface area (Å²) in [4.78, 5) is 23.2. The number of benzene rings is 1. The Morgan fingerprint density at radius 3 is 2.57 bits per heavy atom. The van der Waals surface area contributed by atoms with E-state index in [1.807, 2.05) is 38.1 Å². The third-order valence-electron chi connectivity index (χ3n) is 4.25. The zero-order chi connectivity index (χ0) is 15.0. The van der Waals surface area contributed by atoms with Crippen LogP contribution in [-0.2, 0) is 9.59 Å². The summed E-state index contributed by atoms with van der Waals surface area (Å²) >= 11 is 0. The van der Waals surface area contributed by atoms with Crippen LogP contribution < -0.4 is 10.7 Å². The molecule has 0 saturated heterocycles. The molecule has 3 rings (SSSR count). The number of rotatable bonds is 3. The van der Waals surface area contributed by atoms with E-state index in [0.29, 0.717) is 6.42 Å². The zero-order valence-electron chi connectivity index (χ0n) is 12.3. The largest absolute Gasteiger partial charge is 0.326 e. The predicted octanol–water partition coefficient (Wildman–Crippen LogP) is 2.29. The van der Waals surface area contributed by atoms with E-state index in [2.05, 4.69) is 15.8 Å². The van der Waals surface area contributed by atoms with E-state index in [4.69, 9.17) is 0 Å². The summed E-state index contributed by atoms with van der Waals surface area (Å²) in [7, 11) is 0. The Labute approximate surface area is 123 Å². The first-order valence-electron chi connectivity index (χ1n) is 7.26. The van der Waals surface area contributed by atoms with Crippen LogP contribution in [0.1, 0.15) is 38.7 Å². The molecule has 1 atom stereocenters. The maximum absolute atomic E-state index is 12.0. The Morgan fingerprint density at radius 1 is 1.33 bits per heavy atom. The van der Waals surface area contributed by atoms with Crippen molar-refractivity contribution in [3.63, 3.8) is 0 Å². The molecule has 1 aromatic carbocycles. The van der Waals surface area contributed by atoms with Crippen LogP contribution in [0.4, 0.5) is 5.69 Å². The Balaban J connectivity index is 1.72. The normalized spacial score (nSPS) is 23.0. The SMILES string of the molecule is CC1CC(=O)NN=C1c1ccc(NC(=O)C2(C)CC2)cc1. The molecule has 1 aliphatic heterocycles. The average molecular weight is 285 g/mol. The van der Waals surface area contributed by atoms with Gasteiger partial charge in [0, 0.05) is 23.4 Å². The third kappa shape index (κ3) is 2.82. The van der Waals surface area contributed by atoms with Crippen molar-refractivity contribution in [3.8, 4) is 0 Å². The Kier molecular flexibility index (Phi) is 3.27. The molecule has 5 heteroatoms. The molecule has 1 heterocycles. The van der Waals surface area contributed by atoms with Crippen molar-refractivity contribution < 1.29 is 9.59 Å². The van der Waals surface area contributed by atoms with Crippen molar-refractivity contribution >= 4 is 23.2 Å². The van der Waals surface area contributed by atoms with Gasteiger partial charge in [0.05, 0.1) is 5.71 Å². The lowest BCUT2D eigenvalue weighted by Crippen LogP contribution is -2.31. The second-order valence-corrected chi connectivity index (χ2v) is 6.23. The molecule has 0 aromatic heterocycles. The zero-order valence-corrected chi connectivity index (χ0v) is 12.3. The fraction of sp³-hybridized carbons (Fsp3) is 0.438. The summed E-state index contributed by atoms with van der Waals surface area (Å²) in [5.74, 6) is 0.142. The van der Waals surface area contributed by atoms with E-state index in [-0.39, 0.29) is 23.1 Å². The molecule has 1 aliphatic carbocycles. The molecule has 0 bridgehead atoms. The Morgan fingerprint density at radius 2 is 2.00 bits per heavy atom. The lowest BCUT2D eigenvalue weighted by atomic mass is 9.94. The van der Waals surface area contributed by atoms with Crippen molar-refractivity contribution in [3.05, 3.63) is 29.8 Å². The monoisotopic (exact) mass is 285 g/mol. The molecule has 0 spiro atoms. The van der Waals surface area contributed by atoms with Crippen LogP contribution >= 0.6 is 0 Å². The van der Waals surface area contributed by atoms with Crippen molar-refractivity contribution in [2.45, 2.75) is 33.1 Å². The second kappa shape index (κ2) is 4.98. The van der Waals surface area contributed by atoms with Gasteiger partial charge >= 0.3 is 0 Å². The number of hydrogen-bond donors (Lipinski definition) is 2. The summed E-state index contributed by atoms with van der Waals surface area (Å²) in [5, 5.41) is 7.08. The van der Waals surface area contributed by atoms with Gasteiger partial charge in [0.25, 0.3) is 0 Å². The van der Waals surface area contributed by atoms with Crippen molar-refractivity contribution in [2.24, 2.45) is 16.4 Å². The first-order chi connectivity index (χ1) is 9.98. The van der Waals surface area contributed by atoms with Crippen LogP contribution in [0.5, 0.6) is 0 Å². The van der Waals surface area contributed by atoms with Crippen LogP contribution in [0.15, 0.2) is 29.4 Å². The quantitative estimate of drug-likeness (QED) is 0.894. The predicted molar refractivity (Wildman–Crippen MR) is 80.9 cm³/mol. The molecule has 2 N–H and O–H groups in total. The van der Waals surface area contributed by atoms with Gasteiger partial charge in [-0.25, -0.2) is 5.43 Å². The summed E-state index contributed by atoms with van der Waals surface area (Å²) < 4.78 is 0. The second-order valence-electron chi connectivity index (χ2n) is 6.23. The van der Waals surface area contributed by atoms with Crippen LogP contribution in [0.25, 0.3) is 0 Å². The molecular formula is C16H19N3O2. The maximum Gasteiger partial charge on any atom is 0.240 e. The number of carbonyl (C=O) groups excluding carboxylic acids is 2. The number of anilines is 1. The minimum absolute atomic E-state index is 0.0483. The van der Waals surface area contributed by atoms with Gasteiger partial charge in [-0.05, 0) is 30.5 Å². The number of nitrogens with zero attached hydrogens (tertiary/aromatic N) is 1. The highest BCUT2D eigenvalue weighted by molar-refractivity contribution is 6.06. The fourth-order valence-electron chi connectivity index (χ4n) is 2.42. The van der Waals surface area contributed by atoms with Gasteiger partial charge in [-0.15, -0.1) is 0 Å². The molecule has 0 radical (unpaired) electrons.